The molecule has 0 aromatic heterocycles. The summed E-state index contributed by atoms with van der Waals surface area (Å²) in [6, 6.07) is 11.4. The number of halogens is 1. The van der Waals surface area contributed by atoms with E-state index in [4.69, 9.17) is 21.5 Å². The van der Waals surface area contributed by atoms with Crippen molar-refractivity contribution in [1.82, 2.24) is 5.32 Å². The lowest BCUT2D eigenvalue weighted by atomic mass is 10.2. The van der Waals surface area contributed by atoms with Crippen molar-refractivity contribution in [2.45, 2.75) is 4.90 Å². The zero-order valence-corrected chi connectivity index (χ0v) is 15.9. The number of hydrogen-bond donors (Lipinski definition) is 3. The molecule has 2 aromatic rings. The number of carbonyl (C=O) groups is 3. The third-order valence-corrected chi connectivity index (χ3v) is 4.60. The first-order chi connectivity index (χ1) is 13.2. The van der Waals surface area contributed by atoms with Crippen LogP contribution in [0.25, 0.3) is 0 Å². The first-order valence-corrected chi connectivity index (χ1v) is 9.70. The molecule has 0 bridgehead atoms. The number of nitrogens with one attached hydrogen (secondary N) is 2. The molecule has 0 spiro atoms. The summed E-state index contributed by atoms with van der Waals surface area (Å²) in [5.41, 5.74) is 0.498. The Hall–Kier alpha value is -2.95. The lowest BCUT2D eigenvalue weighted by Crippen LogP contribution is -2.32. The summed E-state index contributed by atoms with van der Waals surface area (Å²) in [6.45, 7) is -1.03. The highest BCUT2D eigenvalue weighted by atomic mass is 35.5. The van der Waals surface area contributed by atoms with Crippen molar-refractivity contribution < 1.29 is 27.5 Å². The Bertz CT molecular complexity index is 992. The molecule has 0 atom stereocenters. The van der Waals surface area contributed by atoms with Crippen LogP contribution in [-0.2, 0) is 24.3 Å². The zero-order valence-electron chi connectivity index (χ0n) is 14.3. The van der Waals surface area contributed by atoms with Crippen LogP contribution in [0.2, 0.25) is 5.02 Å². The summed E-state index contributed by atoms with van der Waals surface area (Å²) in [7, 11) is -3.83. The number of nitrogens with two attached hydrogens (primary N) is 1. The molecule has 0 aliphatic heterocycles. The first kappa shape index (κ1) is 21.4. The number of anilines is 1. The minimum Gasteiger partial charge on any atom is -0.454 e. The standard InChI is InChI=1S/C17H16ClN3O6S/c18-14-4-2-1-3-13(14)17(24)20-9-16(23)27-10-15(22)21-11-5-7-12(8-6-11)28(19,25)26/h1-8H,9-10H2,(H,20,24)(H,21,22)(H2,19,25,26). The molecule has 0 radical (unpaired) electrons. The summed E-state index contributed by atoms with van der Waals surface area (Å²) >= 11 is 5.88. The second kappa shape index (κ2) is 9.31. The van der Waals surface area contributed by atoms with E-state index in [2.05, 4.69) is 10.6 Å². The summed E-state index contributed by atoms with van der Waals surface area (Å²) in [5, 5.41) is 9.96. The SMILES string of the molecule is NS(=O)(=O)c1ccc(NC(=O)COC(=O)CNC(=O)c2ccccc2Cl)cc1. The molecule has 9 nitrogen and oxygen atoms in total. The molecule has 0 fully saturated rings. The maximum Gasteiger partial charge on any atom is 0.325 e. The number of primary sulfonamides is 1. The van der Waals surface area contributed by atoms with Gasteiger partial charge in [-0.25, -0.2) is 13.6 Å². The summed E-state index contributed by atoms with van der Waals surface area (Å²) in [6.07, 6.45) is 0. The minimum atomic E-state index is -3.83. The van der Waals surface area contributed by atoms with Gasteiger partial charge in [0.2, 0.25) is 10.0 Å². The second-order valence-corrected chi connectivity index (χ2v) is 7.41. The number of hydrogen-bond acceptors (Lipinski definition) is 6. The fraction of sp³-hybridized carbons (Fsp3) is 0.118. The summed E-state index contributed by atoms with van der Waals surface area (Å²) in [5.74, 6) is -2.02. The van der Waals surface area contributed by atoms with Crippen LogP contribution in [0.1, 0.15) is 10.4 Å². The topological polar surface area (TPSA) is 145 Å². The summed E-state index contributed by atoms with van der Waals surface area (Å²) < 4.78 is 27.1. The van der Waals surface area contributed by atoms with Crippen LogP contribution in [-0.4, -0.2) is 39.4 Å². The number of esters is 1. The Morgan fingerprint density at radius 2 is 1.68 bits per heavy atom. The van der Waals surface area contributed by atoms with Crippen molar-refractivity contribution >= 4 is 45.1 Å². The minimum absolute atomic E-state index is 0.105. The van der Waals surface area contributed by atoms with Crippen molar-refractivity contribution in [2.75, 3.05) is 18.5 Å². The number of benzene rings is 2. The van der Waals surface area contributed by atoms with Crippen molar-refractivity contribution in [2.24, 2.45) is 5.14 Å². The molecular weight excluding hydrogens is 410 g/mol. The van der Waals surface area contributed by atoms with Gasteiger partial charge in [-0.3, -0.25) is 14.4 Å². The van der Waals surface area contributed by atoms with Gasteiger partial charge >= 0.3 is 5.97 Å². The van der Waals surface area contributed by atoms with E-state index in [-0.39, 0.29) is 15.5 Å². The highest BCUT2D eigenvalue weighted by molar-refractivity contribution is 7.89. The zero-order chi connectivity index (χ0) is 20.7. The molecule has 28 heavy (non-hydrogen) atoms. The van der Waals surface area contributed by atoms with E-state index < -0.39 is 41.0 Å². The van der Waals surface area contributed by atoms with Crippen LogP contribution in [0.15, 0.2) is 53.4 Å². The molecule has 11 heteroatoms. The van der Waals surface area contributed by atoms with Crippen LogP contribution in [0.3, 0.4) is 0 Å². The molecule has 0 heterocycles. The molecule has 0 saturated heterocycles. The van der Waals surface area contributed by atoms with Gasteiger partial charge in [0, 0.05) is 5.69 Å². The largest absolute Gasteiger partial charge is 0.454 e. The van der Waals surface area contributed by atoms with E-state index in [0.29, 0.717) is 5.69 Å². The maximum atomic E-state index is 11.9. The number of ether oxygens (including phenoxy) is 1. The molecule has 0 saturated carbocycles. The van der Waals surface area contributed by atoms with Crippen LogP contribution in [0.5, 0.6) is 0 Å². The fourth-order valence-electron chi connectivity index (χ4n) is 2.02. The molecule has 2 aromatic carbocycles. The Morgan fingerprint density at radius 3 is 2.29 bits per heavy atom. The van der Waals surface area contributed by atoms with Gasteiger partial charge in [-0.1, -0.05) is 23.7 Å². The van der Waals surface area contributed by atoms with Gasteiger partial charge in [0.05, 0.1) is 15.5 Å². The lowest BCUT2D eigenvalue weighted by Gasteiger charge is -2.08. The van der Waals surface area contributed by atoms with Crippen LogP contribution in [0.4, 0.5) is 5.69 Å². The summed E-state index contributed by atoms with van der Waals surface area (Å²) in [4.78, 5) is 35.2. The molecule has 4 N–H and O–H groups in total. The Kier molecular flexibility index (Phi) is 7.10. The van der Waals surface area contributed by atoms with Gasteiger partial charge in [-0.2, -0.15) is 0 Å². The third kappa shape index (κ3) is 6.34. The van der Waals surface area contributed by atoms with Crippen molar-refractivity contribution in [3.05, 3.63) is 59.1 Å². The second-order valence-electron chi connectivity index (χ2n) is 5.44. The third-order valence-electron chi connectivity index (χ3n) is 3.34. The van der Waals surface area contributed by atoms with Crippen LogP contribution >= 0.6 is 11.6 Å². The van der Waals surface area contributed by atoms with E-state index in [0.717, 1.165) is 0 Å². The van der Waals surface area contributed by atoms with Gasteiger partial charge in [0.1, 0.15) is 6.54 Å². The molecule has 148 valence electrons. The highest BCUT2D eigenvalue weighted by Gasteiger charge is 2.13. The van der Waals surface area contributed by atoms with Crippen LogP contribution < -0.4 is 15.8 Å². The Morgan fingerprint density at radius 1 is 1.04 bits per heavy atom. The Balaban J connectivity index is 1.77. The normalized spacial score (nSPS) is 10.8. The molecule has 0 aliphatic rings. The monoisotopic (exact) mass is 425 g/mol. The molecule has 2 amide bonds. The predicted molar refractivity (Wildman–Crippen MR) is 101 cm³/mol. The van der Waals surface area contributed by atoms with Gasteiger partial charge in [0.25, 0.3) is 11.8 Å². The Labute approximate surface area is 165 Å². The van der Waals surface area contributed by atoms with E-state index in [1.54, 1.807) is 12.1 Å². The van der Waals surface area contributed by atoms with E-state index >= 15 is 0 Å². The van der Waals surface area contributed by atoms with E-state index in [9.17, 15) is 22.8 Å². The molecule has 2 rings (SSSR count). The molecule has 0 unspecified atom stereocenters. The van der Waals surface area contributed by atoms with Crippen LogP contribution in [0, 0.1) is 0 Å². The van der Waals surface area contributed by atoms with Crippen molar-refractivity contribution in [1.29, 1.82) is 0 Å². The number of sulfonamides is 1. The molecular formula is C17H16ClN3O6S. The maximum absolute atomic E-state index is 11.9. The molecule has 0 aliphatic carbocycles. The van der Waals surface area contributed by atoms with Gasteiger partial charge in [-0.05, 0) is 36.4 Å². The fourth-order valence-corrected chi connectivity index (χ4v) is 2.75. The first-order valence-electron chi connectivity index (χ1n) is 7.78. The van der Waals surface area contributed by atoms with Gasteiger partial charge in [-0.15, -0.1) is 0 Å². The van der Waals surface area contributed by atoms with Gasteiger partial charge in [0.15, 0.2) is 6.61 Å². The lowest BCUT2D eigenvalue weighted by molar-refractivity contribution is -0.146. The van der Waals surface area contributed by atoms with E-state index in [1.165, 1.54) is 36.4 Å². The number of carbonyl (C=O) groups excluding carboxylic acids is 3. The highest BCUT2D eigenvalue weighted by Crippen LogP contribution is 2.14. The smallest absolute Gasteiger partial charge is 0.325 e. The van der Waals surface area contributed by atoms with Crippen molar-refractivity contribution in [3.8, 4) is 0 Å². The number of amides is 2. The quantitative estimate of drug-likeness (QED) is 0.562. The van der Waals surface area contributed by atoms with E-state index in [1.807, 2.05) is 0 Å². The number of rotatable bonds is 7. The van der Waals surface area contributed by atoms with Crippen molar-refractivity contribution in [3.63, 3.8) is 0 Å². The van der Waals surface area contributed by atoms with Gasteiger partial charge < -0.3 is 15.4 Å². The average molecular weight is 426 g/mol. The average Bonchev–Trinajstić information content (AvgIpc) is 2.64. The predicted octanol–water partition coefficient (Wildman–Crippen LogP) is 0.899.